The van der Waals surface area contributed by atoms with E-state index in [-0.39, 0.29) is 23.2 Å². The molecule has 34 heavy (non-hydrogen) atoms. The SMILES string of the molecule is CCC(Oc1ccc(-c2noc(C(C)C)n2)nc1)c1nc(-c2ccc(S(C)(=O)=O)c(F)c2)no1. The van der Waals surface area contributed by atoms with Crippen LogP contribution in [0.15, 0.2) is 50.5 Å². The first-order valence-corrected chi connectivity index (χ1v) is 12.3. The maximum absolute atomic E-state index is 14.2. The topological polar surface area (TPSA) is 134 Å². The van der Waals surface area contributed by atoms with Crippen LogP contribution in [0.2, 0.25) is 0 Å². The molecule has 0 saturated heterocycles. The van der Waals surface area contributed by atoms with Crippen molar-refractivity contribution in [3.05, 3.63) is 54.1 Å². The molecule has 0 aliphatic heterocycles. The number of halogens is 1. The Labute approximate surface area is 195 Å². The van der Waals surface area contributed by atoms with Gasteiger partial charge in [-0.05, 0) is 36.8 Å². The van der Waals surface area contributed by atoms with Gasteiger partial charge in [-0.25, -0.2) is 17.8 Å². The van der Waals surface area contributed by atoms with Gasteiger partial charge in [0.25, 0.3) is 5.89 Å². The van der Waals surface area contributed by atoms with Gasteiger partial charge in [-0.3, -0.25) is 0 Å². The monoisotopic (exact) mass is 487 g/mol. The van der Waals surface area contributed by atoms with Gasteiger partial charge in [0, 0.05) is 17.7 Å². The van der Waals surface area contributed by atoms with Crippen LogP contribution in [0, 0.1) is 5.82 Å². The van der Waals surface area contributed by atoms with Crippen LogP contribution in [0.3, 0.4) is 0 Å². The molecule has 0 amide bonds. The van der Waals surface area contributed by atoms with Crippen LogP contribution in [0.1, 0.15) is 51.0 Å². The summed E-state index contributed by atoms with van der Waals surface area (Å²) in [6.45, 7) is 5.79. The average molecular weight is 488 g/mol. The molecule has 1 aromatic carbocycles. The third-order valence-electron chi connectivity index (χ3n) is 4.86. The molecule has 3 heterocycles. The molecule has 10 nitrogen and oxygen atoms in total. The Morgan fingerprint density at radius 2 is 1.74 bits per heavy atom. The second-order valence-corrected chi connectivity index (χ2v) is 9.86. The van der Waals surface area contributed by atoms with Crippen molar-refractivity contribution >= 4 is 9.84 Å². The molecular formula is C22H22FN5O5S. The second-order valence-electron chi connectivity index (χ2n) is 7.88. The number of rotatable bonds is 8. The maximum atomic E-state index is 14.2. The predicted molar refractivity (Wildman–Crippen MR) is 118 cm³/mol. The van der Waals surface area contributed by atoms with Crippen molar-refractivity contribution in [1.29, 1.82) is 0 Å². The Morgan fingerprint density at radius 1 is 1.03 bits per heavy atom. The Morgan fingerprint density at radius 3 is 2.32 bits per heavy atom. The van der Waals surface area contributed by atoms with Crippen LogP contribution in [0.5, 0.6) is 5.75 Å². The summed E-state index contributed by atoms with van der Waals surface area (Å²) in [6.07, 6.45) is 2.40. The van der Waals surface area contributed by atoms with Crippen molar-refractivity contribution in [2.45, 2.75) is 44.1 Å². The molecule has 0 spiro atoms. The van der Waals surface area contributed by atoms with Crippen LogP contribution >= 0.6 is 0 Å². The summed E-state index contributed by atoms with van der Waals surface area (Å²) in [4.78, 5) is 12.5. The smallest absolute Gasteiger partial charge is 0.268 e. The summed E-state index contributed by atoms with van der Waals surface area (Å²) in [6, 6.07) is 7.07. The molecule has 12 heteroatoms. The standard InChI is InChI=1S/C22H22FN5O5S/c1-5-17(31-14-7-8-16(24-11-14)20-26-21(12(2)3)32-28-20)22-25-19(27-33-22)13-6-9-18(15(23)10-13)34(4,29)30/h6-12,17H,5H2,1-4H3. The summed E-state index contributed by atoms with van der Waals surface area (Å²) in [5, 5.41) is 7.81. The van der Waals surface area contributed by atoms with Gasteiger partial charge in [0.15, 0.2) is 15.9 Å². The van der Waals surface area contributed by atoms with E-state index >= 15 is 0 Å². The van der Waals surface area contributed by atoms with Crippen molar-refractivity contribution in [3.8, 4) is 28.7 Å². The zero-order valence-electron chi connectivity index (χ0n) is 18.9. The molecule has 0 fully saturated rings. The molecule has 178 valence electrons. The van der Waals surface area contributed by atoms with Crippen molar-refractivity contribution in [2.75, 3.05) is 6.26 Å². The molecule has 0 bridgehead atoms. The van der Waals surface area contributed by atoms with E-state index < -0.39 is 26.7 Å². The predicted octanol–water partition coefficient (Wildman–Crippen LogP) is 4.38. The number of benzene rings is 1. The molecule has 0 radical (unpaired) electrons. The lowest BCUT2D eigenvalue weighted by atomic mass is 10.2. The van der Waals surface area contributed by atoms with E-state index in [1.54, 1.807) is 12.1 Å². The van der Waals surface area contributed by atoms with Gasteiger partial charge in [0.2, 0.25) is 17.5 Å². The van der Waals surface area contributed by atoms with E-state index in [0.29, 0.717) is 29.6 Å². The first-order chi connectivity index (χ1) is 16.2. The van der Waals surface area contributed by atoms with Crippen LogP contribution in [0.25, 0.3) is 22.9 Å². The van der Waals surface area contributed by atoms with E-state index in [9.17, 15) is 12.8 Å². The van der Waals surface area contributed by atoms with Crippen LogP contribution in [0.4, 0.5) is 4.39 Å². The summed E-state index contributed by atoms with van der Waals surface area (Å²) >= 11 is 0. The molecule has 0 aliphatic carbocycles. The van der Waals surface area contributed by atoms with Gasteiger partial charge in [-0.1, -0.05) is 31.1 Å². The molecule has 3 aromatic heterocycles. The zero-order valence-corrected chi connectivity index (χ0v) is 19.7. The van der Waals surface area contributed by atoms with Crippen LogP contribution < -0.4 is 4.74 Å². The molecular weight excluding hydrogens is 465 g/mol. The quantitative estimate of drug-likeness (QED) is 0.352. The van der Waals surface area contributed by atoms with Crippen molar-refractivity contribution in [3.63, 3.8) is 0 Å². The first kappa shape index (κ1) is 23.5. The van der Waals surface area contributed by atoms with E-state index in [4.69, 9.17) is 13.8 Å². The van der Waals surface area contributed by atoms with Crippen LogP contribution in [-0.2, 0) is 9.84 Å². The molecule has 4 aromatic rings. The maximum Gasteiger partial charge on any atom is 0.268 e. The van der Waals surface area contributed by atoms with Crippen LogP contribution in [-0.4, -0.2) is 39.9 Å². The Hall–Kier alpha value is -3.67. The molecule has 1 unspecified atom stereocenters. The zero-order chi connectivity index (χ0) is 24.5. The van der Waals surface area contributed by atoms with E-state index in [2.05, 4.69) is 25.3 Å². The number of nitrogens with zero attached hydrogens (tertiary/aromatic N) is 5. The highest BCUT2D eigenvalue weighted by Crippen LogP contribution is 2.28. The highest BCUT2D eigenvalue weighted by molar-refractivity contribution is 7.90. The minimum absolute atomic E-state index is 0.113. The van der Waals surface area contributed by atoms with Gasteiger partial charge in [-0.15, -0.1) is 0 Å². The fourth-order valence-electron chi connectivity index (χ4n) is 3.05. The Bertz CT molecular complexity index is 1400. The average Bonchev–Trinajstić information content (AvgIpc) is 3.47. The summed E-state index contributed by atoms with van der Waals surface area (Å²) in [7, 11) is -3.68. The lowest BCUT2D eigenvalue weighted by Gasteiger charge is -2.13. The normalized spacial score (nSPS) is 12.8. The minimum atomic E-state index is -3.68. The lowest BCUT2D eigenvalue weighted by Crippen LogP contribution is -2.07. The minimum Gasteiger partial charge on any atom is -0.479 e. The van der Waals surface area contributed by atoms with Crippen molar-refractivity contribution in [2.24, 2.45) is 0 Å². The number of pyridine rings is 1. The molecule has 0 saturated carbocycles. The first-order valence-electron chi connectivity index (χ1n) is 10.5. The van der Waals surface area contributed by atoms with E-state index in [0.717, 1.165) is 12.3 Å². The lowest BCUT2D eigenvalue weighted by molar-refractivity contribution is 0.154. The molecule has 0 aliphatic rings. The highest BCUT2D eigenvalue weighted by Gasteiger charge is 2.22. The number of sulfone groups is 1. The summed E-state index contributed by atoms with van der Waals surface area (Å²) in [5.74, 6) is 0.910. The number of hydrogen-bond acceptors (Lipinski definition) is 10. The molecule has 0 N–H and O–H groups in total. The number of hydrogen-bond donors (Lipinski definition) is 0. The summed E-state index contributed by atoms with van der Waals surface area (Å²) < 4.78 is 53.9. The fourth-order valence-corrected chi connectivity index (χ4v) is 3.78. The molecule has 1 atom stereocenters. The van der Waals surface area contributed by atoms with Crippen molar-refractivity contribution in [1.82, 2.24) is 25.3 Å². The third kappa shape index (κ3) is 4.96. The largest absolute Gasteiger partial charge is 0.479 e. The second kappa shape index (κ2) is 9.29. The van der Waals surface area contributed by atoms with E-state index in [1.165, 1.54) is 18.3 Å². The third-order valence-corrected chi connectivity index (χ3v) is 5.99. The van der Waals surface area contributed by atoms with Gasteiger partial charge in [0.05, 0.1) is 6.20 Å². The van der Waals surface area contributed by atoms with Crippen molar-refractivity contribution < 1.29 is 26.6 Å². The molecule has 4 rings (SSSR count). The fraction of sp³-hybridized carbons (Fsp3) is 0.318. The highest BCUT2D eigenvalue weighted by atomic mass is 32.2. The van der Waals surface area contributed by atoms with Gasteiger partial charge < -0.3 is 13.8 Å². The summed E-state index contributed by atoms with van der Waals surface area (Å²) in [5.41, 5.74) is 0.817. The van der Waals surface area contributed by atoms with E-state index in [1.807, 2.05) is 20.8 Å². The number of aromatic nitrogens is 5. The Kier molecular flexibility index (Phi) is 6.42. The van der Waals surface area contributed by atoms with Gasteiger partial charge in [0.1, 0.15) is 22.2 Å². The number of ether oxygens (including phenoxy) is 1. The Balaban J connectivity index is 1.50. The van der Waals surface area contributed by atoms with Gasteiger partial charge in [-0.2, -0.15) is 9.97 Å². The van der Waals surface area contributed by atoms with Gasteiger partial charge >= 0.3 is 0 Å².